The third-order valence-corrected chi connectivity index (χ3v) is 0.781. The molecule has 0 saturated heterocycles. The van der Waals surface area contributed by atoms with Gasteiger partial charge in [-0.3, -0.25) is 9.59 Å². The summed E-state index contributed by atoms with van der Waals surface area (Å²) < 4.78 is 0. The van der Waals surface area contributed by atoms with Gasteiger partial charge < -0.3 is 11.6 Å². The van der Waals surface area contributed by atoms with Gasteiger partial charge in [-0.1, -0.05) is 0 Å². The molecule has 10 heavy (non-hydrogen) atoms. The molecule has 0 atom stereocenters. The summed E-state index contributed by atoms with van der Waals surface area (Å²) in [5, 5.41) is 16.1. The van der Waals surface area contributed by atoms with Gasteiger partial charge in [-0.15, -0.1) is 0 Å². The second-order valence-electron chi connectivity index (χ2n) is 1.64. The Balaban J connectivity index is -0.000000320. The van der Waals surface area contributed by atoms with E-state index in [4.69, 9.17) is 10.2 Å². The van der Waals surface area contributed by atoms with E-state index in [0.29, 0.717) is 0 Å². The number of hydrogen-bond acceptors (Lipinski definition) is 2. The molecule has 0 spiro atoms. The van der Waals surface area contributed by atoms with Crippen molar-refractivity contribution in [2.45, 2.75) is 19.3 Å². The molecule has 0 saturated carbocycles. The van der Waals surface area contributed by atoms with E-state index in [0.717, 1.165) is 0 Å². The van der Waals surface area contributed by atoms with Gasteiger partial charge in [-0.2, -0.15) is 0 Å². The first-order valence-electron chi connectivity index (χ1n) is 2.56. The van der Waals surface area contributed by atoms with Crippen LogP contribution in [-0.4, -0.2) is 22.2 Å². The fraction of sp³-hybridized carbons (Fsp3) is 0.600. The van der Waals surface area contributed by atoms with Crippen molar-refractivity contribution in [1.29, 1.82) is 0 Å². The van der Waals surface area contributed by atoms with E-state index in [1.54, 1.807) is 0 Å². The predicted molar refractivity (Wildman–Crippen MR) is 30.2 cm³/mol. The average molecular weight is 140 g/mol. The Kier molecular flexibility index (Phi) is 8.14. The third kappa shape index (κ3) is 10.5. The third-order valence-electron chi connectivity index (χ3n) is 0.781. The summed E-state index contributed by atoms with van der Waals surface area (Å²) in [4.78, 5) is 19.6. The largest absolute Gasteiger partial charge is 1.00 e. The van der Waals surface area contributed by atoms with Gasteiger partial charge in [-0.05, 0) is 6.42 Å². The van der Waals surface area contributed by atoms with Gasteiger partial charge in [0.25, 0.3) is 0 Å². The van der Waals surface area contributed by atoms with E-state index >= 15 is 0 Å². The standard InChI is InChI=1S/C5H8O4.Li.H/c6-4(7)2-1-3-5(8)9;;/h1-3H2,(H,6,7)(H,8,9);;/q;+1;-1. The van der Waals surface area contributed by atoms with Crippen LogP contribution in [0.25, 0.3) is 0 Å². The summed E-state index contributed by atoms with van der Waals surface area (Å²) in [5.74, 6) is -1.90. The van der Waals surface area contributed by atoms with Gasteiger partial charge in [0.15, 0.2) is 0 Å². The number of hydrogen-bond donors (Lipinski definition) is 2. The SMILES string of the molecule is O=C(O)CCCC(=O)O.[H-].[Li+]. The minimum Gasteiger partial charge on any atom is -1.00 e. The second kappa shape index (κ2) is 6.65. The van der Waals surface area contributed by atoms with E-state index in [9.17, 15) is 9.59 Å². The molecule has 0 rings (SSSR count). The second-order valence-corrected chi connectivity index (χ2v) is 1.64. The molecular formula is C5H9LiO4. The first kappa shape index (κ1) is 12.2. The van der Waals surface area contributed by atoms with Crippen LogP contribution in [0.3, 0.4) is 0 Å². The molecule has 0 aliphatic heterocycles. The van der Waals surface area contributed by atoms with Crippen LogP contribution >= 0.6 is 0 Å². The molecule has 0 bridgehead atoms. The molecule has 0 aromatic heterocycles. The van der Waals surface area contributed by atoms with E-state index in [2.05, 4.69) is 0 Å². The van der Waals surface area contributed by atoms with E-state index in [1.165, 1.54) is 0 Å². The molecule has 2 N–H and O–H groups in total. The van der Waals surface area contributed by atoms with Crippen molar-refractivity contribution >= 4 is 11.9 Å². The van der Waals surface area contributed by atoms with Crippen LogP contribution in [0.1, 0.15) is 20.7 Å². The van der Waals surface area contributed by atoms with Crippen molar-refractivity contribution in [3.8, 4) is 0 Å². The number of aliphatic carboxylic acids is 2. The maximum absolute atomic E-state index is 9.79. The smallest absolute Gasteiger partial charge is 1.00 e. The summed E-state index contributed by atoms with van der Waals surface area (Å²) in [6.07, 6.45) is 0.0866. The Hall–Kier alpha value is -0.463. The van der Waals surface area contributed by atoms with Crippen molar-refractivity contribution in [3.05, 3.63) is 0 Å². The van der Waals surface area contributed by atoms with Crippen LogP contribution in [0, 0.1) is 0 Å². The number of carboxylic acids is 2. The summed E-state index contributed by atoms with van der Waals surface area (Å²) in [6, 6.07) is 0. The van der Waals surface area contributed by atoms with Gasteiger partial charge in [0, 0.05) is 12.8 Å². The fourth-order valence-electron chi connectivity index (χ4n) is 0.391. The summed E-state index contributed by atoms with van der Waals surface area (Å²) >= 11 is 0. The zero-order chi connectivity index (χ0) is 7.28. The zero-order valence-electron chi connectivity index (χ0n) is 6.83. The Morgan fingerprint density at radius 3 is 1.60 bits per heavy atom. The van der Waals surface area contributed by atoms with Crippen LogP contribution in [0.5, 0.6) is 0 Å². The monoisotopic (exact) mass is 140 g/mol. The normalized spacial score (nSPS) is 8.00. The predicted octanol–water partition coefficient (Wildman–Crippen LogP) is -2.56. The Bertz CT molecular complexity index is 114. The van der Waals surface area contributed by atoms with Gasteiger partial charge >= 0.3 is 30.8 Å². The summed E-state index contributed by atoms with van der Waals surface area (Å²) in [5.41, 5.74) is 0. The molecule has 5 heteroatoms. The van der Waals surface area contributed by atoms with Gasteiger partial charge in [0.2, 0.25) is 0 Å². The van der Waals surface area contributed by atoms with Crippen molar-refractivity contribution in [3.63, 3.8) is 0 Å². The molecule has 4 nitrogen and oxygen atoms in total. The summed E-state index contributed by atoms with van der Waals surface area (Å²) in [6.45, 7) is 0. The first-order chi connectivity index (χ1) is 4.13. The molecule has 0 fully saturated rings. The molecule has 0 amide bonds. The average Bonchev–Trinajstić information content (AvgIpc) is 1.63. The van der Waals surface area contributed by atoms with Crippen LogP contribution in [-0.2, 0) is 9.59 Å². The molecule has 0 aliphatic carbocycles. The van der Waals surface area contributed by atoms with Crippen LogP contribution in [0.15, 0.2) is 0 Å². The van der Waals surface area contributed by atoms with Crippen LogP contribution in [0.2, 0.25) is 0 Å². The maximum Gasteiger partial charge on any atom is 1.00 e. The van der Waals surface area contributed by atoms with Gasteiger partial charge in [0.1, 0.15) is 0 Å². The summed E-state index contributed by atoms with van der Waals surface area (Å²) in [7, 11) is 0. The number of carboxylic acid groups (broad SMARTS) is 2. The van der Waals surface area contributed by atoms with E-state index < -0.39 is 11.9 Å². The Morgan fingerprint density at radius 1 is 1.10 bits per heavy atom. The minimum atomic E-state index is -0.948. The quantitative estimate of drug-likeness (QED) is 0.421. The van der Waals surface area contributed by atoms with Gasteiger partial charge in [-0.25, -0.2) is 0 Å². The molecule has 0 radical (unpaired) electrons. The molecule has 0 heterocycles. The van der Waals surface area contributed by atoms with Crippen molar-refractivity contribution in [2.24, 2.45) is 0 Å². The Labute approximate surface area is 71.9 Å². The van der Waals surface area contributed by atoms with Crippen LogP contribution in [0.4, 0.5) is 0 Å². The molecule has 0 unspecified atom stereocenters. The maximum atomic E-state index is 9.79. The molecule has 0 aromatic rings. The van der Waals surface area contributed by atoms with E-state index in [-0.39, 0.29) is 39.5 Å². The molecule has 0 aliphatic rings. The number of carbonyl (C=O) groups is 2. The van der Waals surface area contributed by atoms with Gasteiger partial charge in [0.05, 0.1) is 0 Å². The van der Waals surface area contributed by atoms with Crippen LogP contribution < -0.4 is 18.9 Å². The molecule has 54 valence electrons. The first-order valence-corrected chi connectivity index (χ1v) is 2.56. The zero-order valence-corrected chi connectivity index (χ0v) is 5.83. The molecular weight excluding hydrogens is 131 g/mol. The van der Waals surface area contributed by atoms with Crippen molar-refractivity contribution in [2.75, 3.05) is 0 Å². The minimum absolute atomic E-state index is 0. The Morgan fingerprint density at radius 2 is 1.40 bits per heavy atom. The van der Waals surface area contributed by atoms with Crippen molar-refractivity contribution in [1.82, 2.24) is 0 Å². The fourth-order valence-corrected chi connectivity index (χ4v) is 0.391. The number of rotatable bonds is 4. The van der Waals surface area contributed by atoms with E-state index in [1.807, 2.05) is 0 Å². The topological polar surface area (TPSA) is 74.6 Å². The molecule has 0 aromatic carbocycles. The van der Waals surface area contributed by atoms with Crippen molar-refractivity contribution < 1.29 is 40.1 Å².